The van der Waals surface area contributed by atoms with Crippen LogP contribution in [-0.4, -0.2) is 42.5 Å². The largest absolute Gasteiger partial charge is 0.338 e. The number of thiophene rings is 1. The van der Waals surface area contributed by atoms with E-state index in [0.717, 1.165) is 50.8 Å². The van der Waals surface area contributed by atoms with Crippen molar-refractivity contribution in [2.24, 2.45) is 5.92 Å². The highest BCUT2D eigenvalue weighted by Crippen LogP contribution is 2.35. The summed E-state index contributed by atoms with van der Waals surface area (Å²) in [7, 11) is 1.95. The second-order valence-electron chi connectivity index (χ2n) is 5.50. The Morgan fingerprint density at radius 3 is 3.00 bits per heavy atom. The van der Waals surface area contributed by atoms with E-state index in [4.69, 9.17) is 11.6 Å². The number of likely N-dealkylation sites (tertiary alicyclic amines) is 1. The standard InChI is InChI=1S/C15H18ClN3OS2/c1-9-13(15(20)19-6-5-10(8-19)7-17-2)22-14(18-9)11-3-4-12(16)21-11/h3-4,10,17H,5-8H2,1-2H3/t10-/m1/s1. The first-order valence-electron chi connectivity index (χ1n) is 7.25. The molecule has 0 aliphatic carbocycles. The number of halogens is 1. The molecular formula is C15H18ClN3OS2. The maximum atomic E-state index is 12.7. The van der Waals surface area contributed by atoms with Crippen LogP contribution in [0.4, 0.5) is 0 Å². The molecule has 0 spiro atoms. The van der Waals surface area contributed by atoms with Crippen molar-refractivity contribution in [2.75, 3.05) is 26.7 Å². The average molecular weight is 356 g/mol. The summed E-state index contributed by atoms with van der Waals surface area (Å²) in [5, 5.41) is 4.07. The van der Waals surface area contributed by atoms with Gasteiger partial charge in [-0.25, -0.2) is 4.98 Å². The maximum absolute atomic E-state index is 12.7. The molecule has 3 heterocycles. The lowest BCUT2D eigenvalue weighted by Crippen LogP contribution is -2.30. The summed E-state index contributed by atoms with van der Waals surface area (Å²) >= 11 is 8.95. The molecule has 22 heavy (non-hydrogen) atoms. The van der Waals surface area contributed by atoms with Gasteiger partial charge in [-0.1, -0.05) is 11.6 Å². The smallest absolute Gasteiger partial charge is 0.265 e. The summed E-state index contributed by atoms with van der Waals surface area (Å²) in [5.41, 5.74) is 0.812. The summed E-state index contributed by atoms with van der Waals surface area (Å²) in [4.78, 5) is 21.0. The number of aromatic nitrogens is 1. The third-order valence-electron chi connectivity index (χ3n) is 3.84. The highest BCUT2D eigenvalue weighted by Gasteiger charge is 2.29. The first kappa shape index (κ1) is 15.9. The number of carbonyl (C=O) groups is 1. The normalized spacial score (nSPS) is 18.1. The minimum Gasteiger partial charge on any atom is -0.338 e. The molecule has 1 aliphatic heterocycles. The Kier molecular flexibility index (Phi) is 4.82. The summed E-state index contributed by atoms with van der Waals surface area (Å²) in [6, 6.07) is 3.82. The van der Waals surface area contributed by atoms with Gasteiger partial charge in [-0.15, -0.1) is 22.7 Å². The van der Waals surface area contributed by atoms with Crippen LogP contribution in [0, 0.1) is 12.8 Å². The fourth-order valence-corrected chi connectivity index (χ4v) is 4.88. The van der Waals surface area contributed by atoms with E-state index in [9.17, 15) is 4.79 Å². The SMILES string of the molecule is CNC[C@H]1CCN(C(=O)c2sc(-c3ccc(Cl)s3)nc2C)C1. The van der Waals surface area contributed by atoms with Gasteiger partial charge in [0.25, 0.3) is 5.91 Å². The quantitative estimate of drug-likeness (QED) is 0.912. The third-order valence-corrected chi connectivity index (χ3v) is 6.39. The Morgan fingerprint density at radius 1 is 1.50 bits per heavy atom. The molecule has 7 heteroatoms. The van der Waals surface area contributed by atoms with Crippen LogP contribution in [0.25, 0.3) is 9.88 Å². The van der Waals surface area contributed by atoms with Gasteiger partial charge in [-0.2, -0.15) is 0 Å². The maximum Gasteiger partial charge on any atom is 0.265 e. The Bertz CT molecular complexity index is 682. The lowest BCUT2D eigenvalue weighted by molar-refractivity contribution is 0.0791. The Hall–Kier alpha value is -0.950. The molecule has 0 saturated carbocycles. The van der Waals surface area contributed by atoms with Gasteiger partial charge in [0.1, 0.15) is 9.88 Å². The molecule has 0 unspecified atom stereocenters. The number of hydrogen-bond acceptors (Lipinski definition) is 5. The van der Waals surface area contributed by atoms with Crippen LogP contribution in [0.1, 0.15) is 21.8 Å². The van der Waals surface area contributed by atoms with E-state index < -0.39 is 0 Å². The molecule has 1 amide bonds. The van der Waals surface area contributed by atoms with Gasteiger partial charge in [0.2, 0.25) is 0 Å². The minimum atomic E-state index is 0.113. The summed E-state index contributed by atoms with van der Waals surface area (Å²) in [6.07, 6.45) is 1.07. The van der Waals surface area contributed by atoms with E-state index >= 15 is 0 Å². The number of rotatable bonds is 4. The Balaban J connectivity index is 1.77. The number of hydrogen-bond donors (Lipinski definition) is 1. The lowest BCUT2D eigenvalue weighted by atomic mass is 10.1. The van der Waals surface area contributed by atoms with Crippen molar-refractivity contribution in [1.29, 1.82) is 0 Å². The van der Waals surface area contributed by atoms with Crippen LogP contribution in [0.5, 0.6) is 0 Å². The predicted octanol–water partition coefficient (Wildman–Crippen LogP) is 3.51. The molecular weight excluding hydrogens is 338 g/mol. The second-order valence-corrected chi connectivity index (χ2v) is 8.22. The first-order valence-corrected chi connectivity index (χ1v) is 9.26. The number of amides is 1. The molecule has 118 valence electrons. The summed E-state index contributed by atoms with van der Waals surface area (Å²) in [5.74, 6) is 0.667. The van der Waals surface area contributed by atoms with Crippen molar-refractivity contribution < 1.29 is 4.79 Å². The highest BCUT2D eigenvalue weighted by molar-refractivity contribution is 7.24. The predicted molar refractivity (Wildman–Crippen MR) is 93.1 cm³/mol. The summed E-state index contributed by atoms with van der Waals surface area (Å²) < 4.78 is 0.741. The lowest BCUT2D eigenvalue weighted by Gasteiger charge is -2.15. The molecule has 1 aliphatic rings. The van der Waals surface area contributed by atoms with Crippen LogP contribution >= 0.6 is 34.3 Å². The molecule has 1 saturated heterocycles. The van der Waals surface area contributed by atoms with E-state index in [1.54, 1.807) is 0 Å². The van der Waals surface area contributed by atoms with Crippen molar-refractivity contribution in [1.82, 2.24) is 15.2 Å². The van der Waals surface area contributed by atoms with Crippen LogP contribution < -0.4 is 5.32 Å². The van der Waals surface area contributed by atoms with E-state index in [0.29, 0.717) is 5.92 Å². The topological polar surface area (TPSA) is 45.2 Å². The molecule has 1 fully saturated rings. The Morgan fingerprint density at radius 2 is 2.32 bits per heavy atom. The van der Waals surface area contributed by atoms with Crippen LogP contribution in [0.3, 0.4) is 0 Å². The highest BCUT2D eigenvalue weighted by atomic mass is 35.5. The van der Waals surface area contributed by atoms with Gasteiger partial charge in [0, 0.05) is 13.1 Å². The molecule has 2 aromatic heterocycles. The van der Waals surface area contributed by atoms with Gasteiger partial charge in [0.15, 0.2) is 0 Å². The number of carbonyl (C=O) groups excluding carboxylic acids is 1. The number of thiazole rings is 1. The zero-order valence-electron chi connectivity index (χ0n) is 12.6. The zero-order chi connectivity index (χ0) is 15.7. The molecule has 0 aromatic carbocycles. The van der Waals surface area contributed by atoms with E-state index in [1.807, 2.05) is 31.0 Å². The molecule has 1 N–H and O–H groups in total. The monoisotopic (exact) mass is 355 g/mol. The average Bonchev–Trinajstić information content (AvgIpc) is 3.19. The zero-order valence-corrected chi connectivity index (χ0v) is 14.9. The molecule has 0 bridgehead atoms. The molecule has 4 nitrogen and oxygen atoms in total. The van der Waals surface area contributed by atoms with Gasteiger partial charge < -0.3 is 10.2 Å². The Labute approximate surface area is 143 Å². The summed E-state index contributed by atoms with van der Waals surface area (Å²) in [6.45, 7) is 4.54. The van der Waals surface area contributed by atoms with E-state index in [1.165, 1.54) is 22.7 Å². The van der Waals surface area contributed by atoms with Crippen LogP contribution in [0.15, 0.2) is 12.1 Å². The van der Waals surface area contributed by atoms with Crippen molar-refractivity contribution >= 4 is 40.2 Å². The number of aryl methyl sites for hydroxylation is 1. The third kappa shape index (κ3) is 3.20. The first-order chi connectivity index (χ1) is 10.6. The second kappa shape index (κ2) is 6.66. The number of nitrogens with one attached hydrogen (secondary N) is 1. The number of nitrogens with zero attached hydrogens (tertiary/aromatic N) is 2. The van der Waals surface area contributed by atoms with Crippen LogP contribution in [0.2, 0.25) is 4.34 Å². The van der Waals surface area contributed by atoms with Crippen molar-refractivity contribution in [3.63, 3.8) is 0 Å². The van der Waals surface area contributed by atoms with Gasteiger partial charge in [-0.05, 0) is 45.0 Å². The van der Waals surface area contributed by atoms with Crippen molar-refractivity contribution in [2.45, 2.75) is 13.3 Å². The van der Waals surface area contributed by atoms with Crippen LogP contribution in [-0.2, 0) is 0 Å². The van der Waals surface area contributed by atoms with E-state index in [-0.39, 0.29) is 5.91 Å². The minimum absolute atomic E-state index is 0.113. The van der Waals surface area contributed by atoms with Gasteiger partial charge >= 0.3 is 0 Å². The molecule has 2 aromatic rings. The van der Waals surface area contributed by atoms with Crippen molar-refractivity contribution in [3.05, 3.63) is 27.0 Å². The molecule has 0 radical (unpaired) electrons. The molecule has 3 rings (SSSR count). The van der Waals surface area contributed by atoms with Gasteiger partial charge in [-0.3, -0.25) is 4.79 Å². The van der Waals surface area contributed by atoms with E-state index in [2.05, 4.69) is 10.3 Å². The molecule has 1 atom stereocenters. The fourth-order valence-electron chi connectivity index (χ4n) is 2.75. The van der Waals surface area contributed by atoms with Crippen molar-refractivity contribution in [3.8, 4) is 9.88 Å². The fraction of sp³-hybridized carbons (Fsp3) is 0.467. The van der Waals surface area contributed by atoms with Gasteiger partial charge in [0.05, 0.1) is 14.9 Å².